The Morgan fingerprint density at radius 2 is 2.12 bits per heavy atom. The molecule has 92 valence electrons. The van der Waals surface area contributed by atoms with Crippen LogP contribution in [0.3, 0.4) is 0 Å². The van der Waals surface area contributed by atoms with Crippen LogP contribution in [0.15, 0.2) is 20.1 Å². The molecule has 0 amide bonds. The molecule has 1 unspecified atom stereocenters. The summed E-state index contributed by atoms with van der Waals surface area (Å²) in [5, 5.41) is 1.41. The molecule has 7 heteroatoms. The highest BCUT2D eigenvalue weighted by molar-refractivity contribution is 9.10. The van der Waals surface area contributed by atoms with Crippen LogP contribution in [0, 0.1) is 0 Å². The minimum atomic E-state index is -3.51. The first kappa shape index (κ1) is 14.4. The van der Waals surface area contributed by atoms with E-state index >= 15 is 0 Å². The molecule has 0 saturated carbocycles. The minimum absolute atomic E-state index is 0.276. The summed E-state index contributed by atoms with van der Waals surface area (Å²) in [7, 11) is -3.51. The van der Waals surface area contributed by atoms with Crippen LogP contribution >= 0.6 is 38.9 Å². The van der Waals surface area contributed by atoms with E-state index in [0.29, 0.717) is 4.47 Å². The molecule has 1 heterocycles. The van der Waals surface area contributed by atoms with Crippen molar-refractivity contribution in [3.8, 4) is 0 Å². The largest absolute Gasteiger partial charge is 0.251 e. The lowest BCUT2D eigenvalue weighted by Crippen LogP contribution is -2.48. The number of hydrogen-bond acceptors (Lipinski definition) is 3. The fraction of sp³-hybridized carbons (Fsp3) is 0.556. The molecular formula is C9H13BrClNO2S2. The van der Waals surface area contributed by atoms with Crippen molar-refractivity contribution in [1.29, 1.82) is 0 Å². The maximum Gasteiger partial charge on any atom is 0.251 e. The van der Waals surface area contributed by atoms with Gasteiger partial charge in [-0.25, -0.2) is 13.1 Å². The third-order valence-electron chi connectivity index (χ3n) is 2.22. The van der Waals surface area contributed by atoms with Crippen molar-refractivity contribution in [1.82, 2.24) is 4.72 Å². The highest BCUT2D eigenvalue weighted by Crippen LogP contribution is 2.29. The molecule has 0 fully saturated rings. The second kappa shape index (κ2) is 4.94. The molecule has 16 heavy (non-hydrogen) atoms. The topological polar surface area (TPSA) is 46.2 Å². The molecule has 0 spiro atoms. The van der Waals surface area contributed by atoms with Crippen LogP contribution in [-0.4, -0.2) is 19.3 Å². The van der Waals surface area contributed by atoms with E-state index in [4.69, 9.17) is 11.6 Å². The van der Waals surface area contributed by atoms with Crippen LogP contribution in [0.5, 0.6) is 0 Å². The van der Waals surface area contributed by atoms with E-state index in [1.807, 2.05) is 0 Å². The van der Waals surface area contributed by atoms with Gasteiger partial charge in [0, 0.05) is 15.4 Å². The molecule has 1 aromatic heterocycles. The summed E-state index contributed by atoms with van der Waals surface area (Å²) in [6, 6.07) is 1.70. The van der Waals surface area contributed by atoms with Gasteiger partial charge in [0.1, 0.15) is 4.21 Å². The summed E-state index contributed by atoms with van der Waals surface area (Å²) in [5.41, 5.74) is -0.691. The third-order valence-corrected chi connectivity index (χ3v) is 7.11. The first-order valence-corrected chi connectivity index (χ1v) is 8.17. The van der Waals surface area contributed by atoms with Gasteiger partial charge in [0.2, 0.25) is 0 Å². The van der Waals surface area contributed by atoms with Gasteiger partial charge in [0.25, 0.3) is 10.0 Å². The van der Waals surface area contributed by atoms with Crippen LogP contribution in [0.2, 0.25) is 0 Å². The number of rotatable bonds is 4. The normalized spacial score (nSPS) is 15.1. The van der Waals surface area contributed by atoms with Gasteiger partial charge in [0.05, 0.1) is 0 Å². The smallest absolute Gasteiger partial charge is 0.206 e. The Labute approximate surface area is 113 Å². The van der Waals surface area contributed by atoms with E-state index in [-0.39, 0.29) is 9.59 Å². The monoisotopic (exact) mass is 345 g/mol. The SMILES string of the molecule is CC(Cl)C(C)(C)NS(=O)(=O)c1sccc1Br. The van der Waals surface area contributed by atoms with Crippen molar-refractivity contribution in [3.63, 3.8) is 0 Å². The van der Waals surface area contributed by atoms with Gasteiger partial charge in [-0.05, 0) is 48.1 Å². The Kier molecular flexibility index (Phi) is 4.46. The summed E-state index contributed by atoms with van der Waals surface area (Å²) in [4.78, 5) is 0. The quantitative estimate of drug-likeness (QED) is 0.851. The molecule has 0 aliphatic heterocycles. The Balaban J connectivity index is 3.03. The highest BCUT2D eigenvalue weighted by Gasteiger charge is 2.31. The Morgan fingerprint density at radius 3 is 2.50 bits per heavy atom. The zero-order chi connectivity index (χ0) is 12.6. The van der Waals surface area contributed by atoms with Gasteiger partial charge in [0.15, 0.2) is 0 Å². The molecular weight excluding hydrogens is 334 g/mol. The molecule has 1 N–H and O–H groups in total. The van der Waals surface area contributed by atoms with Crippen molar-refractivity contribution < 1.29 is 8.42 Å². The predicted octanol–water partition coefficient (Wildman–Crippen LogP) is 3.19. The number of hydrogen-bond donors (Lipinski definition) is 1. The number of halogens is 2. The highest BCUT2D eigenvalue weighted by atomic mass is 79.9. The average molecular weight is 347 g/mol. The van der Waals surface area contributed by atoms with Crippen LogP contribution in [-0.2, 0) is 10.0 Å². The van der Waals surface area contributed by atoms with Gasteiger partial charge in [-0.15, -0.1) is 22.9 Å². The van der Waals surface area contributed by atoms with Gasteiger partial charge in [-0.3, -0.25) is 0 Å². The van der Waals surface area contributed by atoms with Crippen molar-refractivity contribution in [2.45, 2.75) is 35.9 Å². The number of sulfonamides is 1. The Morgan fingerprint density at radius 1 is 1.56 bits per heavy atom. The van der Waals surface area contributed by atoms with Crippen LogP contribution in [0.25, 0.3) is 0 Å². The Hall–Kier alpha value is 0.380. The molecule has 0 aromatic carbocycles. The molecule has 1 rings (SSSR count). The number of nitrogens with one attached hydrogen (secondary N) is 1. The average Bonchev–Trinajstić information content (AvgIpc) is 2.49. The number of alkyl halides is 1. The Bertz CT molecular complexity index is 468. The standard InChI is InChI=1S/C9H13BrClNO2S2/c1-6(11)9(2,3)12-16(13,14)8-7(10)4-5-15-8/h4-6,12H,1-3H3. The molecule has 0 aliphatic rings. The lowest BCUT2D eigenvalue weighted by atomic mass is 10.0. The molecule has 0 radical (unpaired) electrons. The molecule has 3 nitrogen and oxygen atoms in total. The predicted molar refractivity (Wildman–Crippen MR) is 71.7 cm³/mol. The lowest BCUT2D eigenvalue weighted by molar-refractivity contribution is 0.446. The van der Waals surface area contributed by atoms with E-state index < -0.39 is 15.6 Å². The minimum Gasteiger partial charge on any atom is -0.206 e. The van der Waals surface area contributed by atoms with Crippen LogP contribution in [0.4, 0.5) is 0 Å². The van der Waals surface area contributed by atoms with Crippen molar-refractivity contribution in [3.05, 3.63) is 15.9 Å². The summed E-state index contributed by atoms with van der Waals surface area (Å²) in [6.45, 7) is 5.26. The summed E-state index contributed by atoms with van der Waals surface area (Å²) >= 11 is 10.3. The molecule has 0 saturated heterocycles. The molecule has 1 aromatic rings. The van der Waals surface area contributed by atoms with Gasteiger partial charge in [-0.2, -0.15) is 0 Å². The second-order valence-electron chi connectivity index (χ2n) is 4.00. The van der Waals surface area contributed by atoms with E-state index in [9.17, 15) is 8.42 Å². The molecule has 0 bridgehead atoms. The summed E-state index contributed by atoms with van der Waals surface area (Å²) in [5.74, 6) is 0. The first-order chi connectivity index (χ1) is 7.17. The second-order valence-corrected chi connectivity index (χ2v) is 8.30. The van der Waals surface area contributed by atoms with Gasteiger partial charge < -0.3 is 0 Å². The zero-order valence-electron chi connectivity index (χ0n) is 9.12. The maximum atomic E-state index is 12.0. The van der Waals surface area contributed by atoms with Crippen molar-refractivity contribution in [2.75, 3.05) is 0 Å². The van der Waals surface area contributed by atoms with E-state index in [2.05, 4.69) is 20.7 Å². The van der Waals surface area contributed by atoms with Crippen LogP contribution in [0.1, 0.15) is 20.8 Å². The first-order valence-electron chi connectivity index (χ1n) is 4.58. The zero-order valence-corrected chi connectivity index (χ0v) is 13.1. The van der Waals surface area contributed by atoms with Gasteiger partial charge in [-0.1, -0.05) is 0 Å². The third kappa shape index (κ3) is 3.20. The van der Waals surface area contributed by atoms with Crippen LogP contribution < -0.4 is 4.72 Å². The van der Waals surface area contributed by atoms with Crippen molar-refractivity contribution in [2.24, 2.45) is 0 Å². The van der Waals surface area contributed by atoms with E-state index in [1.165, 1.54) is 11.3 Å². The maximum absolute atomic E-state index is 12.0. The van der Waals surface area contributed by atoms with E-state index in [1.54, 1.807) is 32.2 Å². The fourth-order valence-corrected chi connectivity index (χ4v) is 4.89. The van der Waals surface area contributed by atoms with Gasteiger partial charge >= 0.3 is 0 Å². The molecule has 1 atom stereocenters. The van der Waals surface area contributed by atoms with Crippen molar-refractivity contribution >= 4 is 48.9 Å². The fourth-order valence-electron chi connectivity index (χ4n) is 0.945. The summed E-state index contributed by atoms with van der Waals surface area (Å²) in [6.07, 6.45) is 0. The summed E-state index contributed by atoms with van der Waals surface area (Å²) < 4.78 is 27.5. The molecule has 0 aliphatic carbocycles. The number of thiophene rings is 1. The lowest BCUT2D eigenvalue weighted by Gasteiger charge is -2.28. The van der Waals surface area contributed by atoms with E-state index in [0.717, 1.165) is 0 Å².